The summed E-state index contributed by atoms with van der Waals surface area (Å²) >= 11 is 0. The first-order valence-corrected chi connectivity index (χ1v) is 15.1. The van der Waals surface area contributed by atoms with E-state index in [0.717, 1.165) is 17.7 Å². The fourth-order valence-electron chi connectivity index (χ4n) is 5.98. The molecule has 3 heterocycles. The van der Waals surface area contributed by atoms with Gasteiger partial charge in [-0.3, -0.25) is 9.59 Å². The van der Waals surface area contributed by atoms with Crippen molar-refractivity contribution in [1.82, 2.24) is 14.7 Å². The summed E-state index contributed by atoms with van der Waals surface area (Å²) in [5, 5.41) is -0.348. The first kappa shape index (κ1) is 29.7. The predicted molar refractivity (Wildman–Crippen MR) is 157 cm³/mol. The predicted octanol–water partition coefficient (Wildman–Crippen LogP) is 4.87. The fourth-order valence-corrected chi connectivity index (χ4v) is 6.92. The summed E-state index contributed by atoms with van der Waals surface area (Å²) in [7, 11) is -4.32. The number of nitrogens with one attached hydrogen (secondary N) is 1. The SMILES string of the molecule is CC1CN(c2nc(C(C)(C)C)c(C3=CC(=O)CC(C)(C)C3)cc2C(=O)NS(=O)(=O)c2cccc(N)n2)C(C)(C)C1. The summed E-state index contributed by atoms with van der Waals surface area (Å²) in [5.41, 5.74) is 7.09. The molecule has 216 valence electrons. The molecule has 0 bridgehead atoms. The first-order chi connectivity index (χ1) is 18.3. The summed E-state index contributed by atoms with van der Waals surface area (Å²) in [5.74, 6) is 0.0130. The highest BCUT2D eigenvalue weighted by Crippen LogP contribution is 2.44. The number of rotatable bonds is 5. The van der Waals surface area contributed by atoms with Crippen LogP contribution in [0, 0.1) is 11.3 Å². The number of pyridine rings is 2. The number of anilines is 2. The Hall–Kier alpha value is -3.27. The fraction of sp³-hybridized carbons (Fsp3) is 0.533. The van der Waals surface area contributed by atoms with Crippen molar-refractivity contribution in [3.8, 4) is 0 Å². The van der Waals surface area contributed by atoms with Crippen molar-refractivity contribution in [3.05, 3.63) is 47.2 Å². The van der Waals surface area contributed by atoms with Crippen molar-refractivity contribution >= 4 is 38.9 Å². The number of amides is 1. The van der Waals surface area contributed by atoms with Crippen LogP contribution in [0.5, 0.6) is 0 Å². The molecule has 1 unspecified atom stereocenters. The average molecular weight is 568 g/mol. The number of nitrogens with zero attached hydrogens (tertiary/aromatic N) is 3. The van der Waals surface area contributed by atoms with Crippen LogP contribution in [0.2, 0.25) is 0 Å². The van der Waals surface area contributed by atoms with E-state index in [2.05, 4.69) is 35.4 Å². The van der Waals surface area contributed by atoms with Crippen molar-refractivity contribution in [1.29, 1.82) is 0 Å². The van der Waals surface area contributed by atoms with E-state index in [-0.39, 0.29) is 33.1 Å². The second-order valence-electron chi connectivity index (χ2n) is 13.7. The number of nitrogen functional groups attached to an aromatic ring is 1. The smallest absolute Gasteiger partial charge is 0.281 e. The molecule has 10 heteroatoms. The van der Waals surface area contributed by atoms with Crippen LogP contribution in [0.3, 0.4) is 0 Å². The Morgan fingerprint density at radius 1 is 1.12 bits per heavy atom. The van der Waals surface area contributed by atoms with Gasteiger partial charge >= 0.3 is 0 Å². The summed E-state index contributed by atoms with van der Waals surface area (Å²) in [6.07, 6.45) is 3.60. The summed E-state index contributed by atoms with van der Waals surface area (Å²) in [6, 6.07) is 5.94. The number of hydrogen-bond acceptors (Lipinski definition) is 8. The molecule has 9 nitrogen and oxygen atoms in total. The maximum absolute atomic E-state index is 13.9. The Morgan fingerprint density at radius 2 is 1.80 bits per heavy atom. The van der Waals surface area contributed by atoms with Gasteiger partial charge in [0, 0.05) is 29.5 Å². The zero-order chi connectivity index (χ0) is 29.8. The summed E-state index contributed by atoms with van der Waals surface area (Å²) in [4.78, 5) is 37.7. The maximum Gasteiger partial charge on any atom is 0.281 e. The van der Waals surface area contributed by atoms with Gasteiger partial charge in [0.2, 0.25) is 0 Å². The van der Waals surface area contributed by atoms with E-state index >= 15 is 0 Å². The van der Waals surface area contributed by atoms with E-state index in [1.807, 2.05) is 34.6 Å². The van der Waals surface area contributed by atoms with Crippen molar-refractivity contribution in [3.63, 3.8) is 0 Å². The van der Waals surface area contributed by atoms with Gasteiger partial charge in [0.1, 0.15) is 11.6 Å². The zero-order valence-electron chi connectivity index (χ0n) is 24.8. The molecule has 1 fully saturated rings. The first-order valence-electron chi connectivity index (χ1n) is 13.7. The van der Waals surface area contributed by atoms with Gasteiger partial charge in [-0.2, -0.15) is 8.42 Å². The maximum atomic E-state index is 13.9. The molecule has 3 N–H and O–H groups in total. The highest BCUT2D eigenvalue weighted by molar-refractivity contribution is 7.90. The van der Waals surface area contributed by atoms with Gasteiger partial charge < -0.3 is 10.6 Å². The van der Waals surface area contributed by atoms with Crippen LogP contribution in [0.15, 0.2) is 35.4 Å². The van der Waals surface area contributed by atoms with Crippen LogP contribution in [-0.4, -0.2) is 42.2 Å². The van der Waals surface area contributed by atoms with Gasteiger partial charge in [0.25, 0.3) is 15.9 Å². The third-order valence-corrected chi connectivity index (χ3v) is 8.77. The topological polar surface area (TPSA) is 135 Å². The molecular weight excluding hydrogens is 526 g/mol. The number of carbonyl (C=O) groups is 2. The van der Waals surface area contributed by atoms with Crippen molar-refractivity contribution in [2.45, 2.75) is 90.6 Å². The molecule has 40 heavy (non-hydrogen) atoms. The number of sulfonamides is 1. The number of aromatic nitrogens is 2. The second-order valence-corrected chi connectivity index (χ2v) is 15.4. The molecule has 2 aromatic rings. The summed E-state index contributed by atoms with van der Waals surface area (Å²) in [6.45, 7) is 17.3. The minimum absolute atomic E-state index is 0.0195. The molecule has 1 saturated heterocycles. The van der Waals surface area contributed by atoms with Crippen molar-refractivity contribution in [2.24, 2.45) is 11.3 Å². The normalized spacial score (nSPS) is 20.8. The van der Waals surface area contributed by atoms with Gasteiger partial charge in [-0.25, -0.2) is 14.7 Å². The third kappa shape index (κ3) is 6.06. The van der Waals surface area contributed by atoms with E-state index < -0.39 is 21.3 Å². The molecular formula is C30H41N5O4S. The number of hydrogen-bond donors (Lipinski definition) is 2. The zero-order valence-corrected chi connectivity index (χ0v) is 25.6. The molecule has 0 spiro atoms. The highest BCUT2D eigenvalue weighted by Gasteiger charge is 2.41. The number of ketones is 1. The minimum Gasteiger partial charge on any atom is -0.384 e. The highest BCUT2D eigenvalue weighted by atomic mass is 32.2. The lowest BCUT2D eigenvalue weighted by molar-refractivity contribution is -0.116. The lowest BCUT2D eigenvalue weighted by Gasteiger charge is -2.36. The minimum atomic E-state index is -4.32. The molecule has 4 rings (SSSR count). The second kappa shape index (κ2) is 9.98. The lowest BCUT2D eigenvalue weighted by atomic mass is 9.73. The van der Waals surface area contributed by atoms with Crippen LogP contribution in [0.1, 0.15) is 96.3 Å². The van der Waals surface area contributed by atoms with Gasteiger partial charge in [-0.05, 0) is 67.9 Å². The molecule has 1 aliphatic heterocycles. The van der Waals surface area contributed by atoms with Crippen LogP contribution in [0.4, 0.5) is 11.6 Å². The van der Waals surface area contributed by atoms with E-state index in [1.54, 1.807) is 12.1 Å². The van der Waals surface area contributed by atoms with Crippen LogP contribution in [0.25, 0.3) is 5.57 Å². The van der Waals surface area contributed by atoms with Crippen molar-refractivity contribution < 1.29 is 18.0 Å². The lowest BCUT2D eigenvalue weighted by Crippen LogP contribution is -2.41. The number of nitrogens with two attached hydrogens (primary N) is 1. The van der Waals surface area contributed by atoms with Crippen LogP contribution < -0.4 is 15.4 Å². The Bertz CT molecular complexity index is 1500. The number of carbonyl (C=O) groups excluding carboxylic acids is 2. The van der Waals surface area contributed by atoms with E-state index in [4.69, 9.17) is 10.7 Å². The molecule has 0 aromatic carbocycles. The Balaban J connectivity index is 1.94. The summed E-state index contributed by atoms with van der Waals surface area (Å²) < 4.78 is 28.6. The van der Waals surface area contributed by atoms with E-state index in [9.17, 15) is 18.0 Å². The van der Waals surface area contributed by atoms with Gasteiger partial charge in [0.15, 0.2) is 10.8 Å². The molecule has 1 amide bonds. The quantitative estimate of drug-likeness (QED) is 0.522. The van der Waals surface area contributed by atoms with Crippen molar-refractivity contribution in [2.75, 3.05) is 17.2 Å². The number of allylic oxidation sites excluding steroid dienone is 2. The van der Waals surface area contributed by atoms with Crippen LogP contribution in [-0.2, 0) is 20.2 Å². The van der Waals surface area contributed by atoms with Crippen LogP contribution >= 0.6 is 0 Å². The van der Waals surface area contributed by atoms with E-state index in [1.165, 1.54) is 18.2 Å². The third-order valence-electron chi connectivity index (χ3n) is 7.54. The molecule has 0 saturated carbocycles. The standard InChI is InChI=1S/C30H41N5O4S/c1-18-14-30(7,8)35(17-18)26-22(27(37)34-40(38,39)24-11-9-10-23(31)32-24)13-21(25(33-26)28(2,3)4)19-12-20(36)16-29(5,6)15-19/h9-13,18H,14-17H2,1-8H3,(H2,31,32)(H,34,37). The molecule has 2 aromatic heterocycles. The molecule has 0 radical (unpaired) electrons. The molecule has 1 aliphatic carbocycles. The van der Waals surface area contributed by atoms with Gasteiger partial charge in [0.05, 0.1) is 11.3 Å². The monoisotopic (exact) mass is 567 g/mol. The molecule has 2 aliphatic rings. The van der Waals surface area contributed by atoms with Gasteiger partial charge in [-0.1, -0.05) is 47.6 Å². The Morgan fingerprint density at radius 3 is 2.35 bits per heavy atom. The Kier molecular flexibility index (Phi) is 7.41. The molecule has 1 atom stereocenters. The largest absolute Gasteiger partial charge is 0.384 e. The Labute approximate surface area is 237 Å². The van der Waals surface area contributed by atoms with Gasteiger partial charge in [-0.15, -0.1) is 0 Å². The average Bonchev–Trinajstić information content (AvgIpc) is 3.07. The van der Waals surface area contributed by atoms with E-state index in [0.29, 0.717) is 36.7 Å².